The van der Waals surface area contributed by atoms with Gasteiger partial charge in [-0.1, -0.05) is 28.5 Å². The maximum absolute atomic E-state index is 11.2. The van der Waals surface area contributed by atoms with E-state index in [-0.39, 0.29) is 24.7 Å². The molecular formula is C11H20O7S2. The first kappa shape index (κ1) is 19.5. The highest BCUT2D eigenvalue weighted by Gasteiger charge is 2.10. The second kappa shape index (κ2) is 12.3. The van der Waals surface area contributed by atoms with Gasteiger partial charge in [-0.3, -0.25) is 9.59 Å². The predicted molar refractivity (Wildman–Crippen MR) is 76.2 cm³/mol. The fourth-order valence-electron chi connectivity index (χ4n) is 0.812. The van der Waals surface area contributed by atoms with Crippen molar-refractivity contribution >= 4 is 33.5 Å². The van der Waals surface area contributed by atoms with Crippen LogP contribution in [0.2, 0.25) is 0 Å². The Labute approximate surface area is 125 Å². The molecule has 2 unspecified atom stereocenters. The lowest BCUT2D eigenvalue weighted by Gasteiger charge is -2.09. The third-order valence-electron chi connectivity index (χ3n) is 1.99. The number of esters is 2. The van der Waals surface area contributed by atoms with Gasteiger partial charge in [0.2, 0.25) is 0 Å². The summed E-state index contributed by atoms with van der Waals surface area (Å²) < 4.78 is 9.46. The van der Waals surface area contributed by atoms with Gasteiger partial charge in [0.1, 0.15) is 30.8 Å². The number of rotatable bonds is 11. The number of hydrogen-bond acceptors (Lipinski definition) is 9. The number of carbonyl (C=O) groups is 2. The van der Waals surface area contributed by atoms with Crippen LogP contribution in [0.4, 0.5) is 0 Å². The normalized spacial score (nSPS) is 13.6. The molecule has 118 valence electrons. The van der Waals surface area contributed by atoms with Crippen LogP contribution in [0.3, 0.4) is 0 Å². The summed E-state index contributed by atoms with van der Waals surface area (Å²) in [4.78, 5) is 22.4. The van der Waals surface area contributed by atoms with Crippen molar-refractivity contribution in [2.45, 2.75) is 25.6 Å². The van der Waals surface area contributed by atoms with Gasteiger partial charge in [-0.25, -0.2) is 0 Å². The van der Waals surface area contributed by atoms with Gasteiger partial charge in [0, 0.05) is 0 Å². The number of aliphatic hydroxyl groups is 3. The monoisotopic (exact) mass is 328 g/mol. The zero-order chi connectivity index (χ0) is 15.4. The van der Waals surface area contributed by atoms with E-state index >= 15 is 0 Å². The molecule has 2 atom stereocenters. The average molecular weight is 328 g/mol. The van der Waals surface area contributed by atoms with Gasteiger partial charge in [-0.05, 0) is 6.42 Å². The van der Waals surface area contributed by atoms with Crippen LogP contribution >= 0.6 is 21.6 Å². The molecule has 0 spiro atoms. The lowest BCUT2D eigenvalue weighted by atomic mass is 10.3. The van der Waals surface area contributed by atoms with E-state index < -0.39 is 30.8 Å². The summed E-state index contributed by atoms with van der Waals surface area (Å²) >= 11 is 0. The first-order valence-corrected chi connectivity index (χ1v) is 8.51. The van der Waals surface area contributed by atoms with E-state index in [9.17, 15) is 14.7 Å². The average Bonchev–Trinajstić information content (AvgIpc) is 2.46. The highest BCUT2D eigenvalue weighted by atomic mass is 33.1. The number of aliphatic hydroxyl groups excluding tert-OH is 3. The van der Waals surface area contributed by atoms with Crippen molar-refractivity contribution in [3.63, 3.8) is 0 Å². The SMILES string of the molecule is CCC(O)COC(=O)CSSCC(=O)OCC(O)CO. The number of carbonyl (C=O) groups excluding carboxylic acids is 2. The second-order valence-corrected chi connectivity index (χ2v) is 6.25. The molecule has 0 radical (unpaired) electrons. The smallest absolute Gasteiger partial charge is 0.316 e. The van der Waals surface area contributed by atoms with E-state index in [2.05, 4.69) is 4.74 Å². The maximum atomic E-state index is 11.2. The van der Waals surface area contributed by atoms with Gasteiger partial charge in [-0.2, -0.15) is 0 Å². The summed E-state index contributed by atoms with van der Waals surface area (Å²) in [7, 11) is 2.26. The van der Waals surface area contributed by atoms with Crippen LogP contribution in [0.25, 0.3) is 0 Å². The van der Waals surface area contributed by atoms with Crippen molar-refractivity contribution in [2.24, 2.45) is 0 Å². The van der Waals surface area contributed by atoms with Gasteiger partial charge in [0.15, 0.2) is 0 Å². The number of hydrogen-bond donors (Lipinski definition) is 3. The Morgan fingerprint density at radius 1 is 1.00 bits per heavy atom. The summed E-state index contributed by atoms with van der Waals surface area (Å²) in [5, 5.41) is 26.7. The minimum atomic E-state index is -1.07. The molecule has 0 bridgehead atoms. The Morgan fingerprint density at radius 2 is 1.45 bits per heavy atom. The fourth-order valence-corrected chi connectivity index (χ4v) is 2.41. The van der Waals surface area contributed by atoms with Crippen LogP contribution in [0.15, 0.2) is 0 Å². The topological polar surface area (TPSA) is 113 Å². The molecule has 0 aromatic heterocycles. The molecule has 9 heteroatoms. The van der Waals surface area contributed by atoms with Gasteiger partial charge >= 0.3 is 11.9 Å². The highest BCUT2D eigenvalue weighted by molar-refractivity contribution is 8.77. The van der Waals surface area contributed by atoms with Crippen LogP contribution in [0.5, 0.6) is 0 Å². The molecule has 0 fully saturated rings. The lowest BCUT2D eigenvalue weighted by Crippen LogP contribution is -2.22. The molecule has 0 heterocycles. The Kier molecular flexibility index (Phi) is 12.0. The minimum absolute atomic E-state index is 0.0215. The van der Waals surface area contributed by atoms with Crippen molar-refractivity contribution in [1.82, 2.24) is 0 Å². The standard InChI is InChI=1S/C11H20O7S2/c1-2-8(13)4-17-10(15)6-19-20-7-11(16)18-5-9(14)3-12/h8-9,12-14H,2-7H2,1H3. The summed E-state index contributed by atoms with van der Waals surface area (Å²) in [6.07, 6.45) is -1.21. The zero-order valence-electron chi connectivity index (χ0n) is 11.2. The van der Waals surface area contributed by atoms with E-state index in [0.29, 0.717) is 6.42 Å². The second-order valence-electron chi connectivity index (χ2n) is 3.79. The van der Waals surface area contributed by atoms with E-state index in [1.165, 1.54) is 0 Å². The third-order valence-corrected chi connectivity index (χ3v) is 4.07. The molecule has 0 saturated carbocycles. The lowest BCUT2D eigenvalue weighted by molar-refractivity contribution is -0.144. The summed E-state index contributed by atoms with van der Waals surface area (Å²) in [6, 6.07) is 0. The van der Waals surface area contributed by atoms with Crippen LogP contribution in [-0.4, -0.2) is 70.8 Å². The van der Waals surface area contributed by atoms with Crippen molar-refractivity contribution in [3.8, 4) is 0 Å². The molecular weight excluding hydrogens is 308 g/mol. The van der Waals surface area contributed by atoms with Gasteiger partial charge in [0.05, 0.1) is 12.7 Å². The van der Waals surface area contributed by atoms with Gasteiger partial charge in [-0.15, -0.1) is 0 Å². The Balaban J connectivity index is 3.51. The van der Waals surface area contributed by atoms with E-state index in [1.54, 1.807) is 6.92 Å². The largest absolute Gasteiger partial charge is 0.462 e. The summed E-state index contributed by atoms with van der Waals surface area (Å²) in [5.74, 6) is -0.912. The molecule has 0 rings (SSSR count). The highest BCUT2D eigenvalue weighted by Crippen LogP contribution is 2.21. The van der Waals surface area contributed by atoms with Crippen molar-refractivity contribution in [2.75, 3.05) is 31.3 Å². The molecule has 0 saturated heterocycles. The molecule has 0 aliphatic rings. The van der Waals surface area contributed by atoms with Crippen molar-refractivity contribution < 1.29 is 34.4 Å². The molecule has 0 aliphatic heterocycles. The quantitative estimate of drug-likeness (QED) is 0.264. The van der Waals surface area contributed by atoms with Gasteiger partial charge in [0.25, 0.3) is 0 Å². The zero-order valence-corrected chi connectivity index (χ0v) is 12.8. The van der Waals surface area contributed by atoms with Crippen molar-refractivity contribution in [3.05, 3.63) is 0 Å². The molecule has 0 aliphatic carbocycles. The Bertz CT molecular complexity index is 260. The van der Waals surface area contributed by atoms with E-state index in [0.717, 1.165) is 21.6 Å². The summed E-state index contributed by atoms with van der Waals surface area (Å²) in [6.45, 7) is 1.03. The molecule has 3 N–H and O–H groups in total. The first-order valence-electron chi connectivity index (χ1n) is 6.02. The third kappa shape index (κ3) is 11.4. The Hall–Kier alpha value is -0.480. The molecule has 0 aromatic carbocycles. The van der Waals surface area contributed by atoms with Crippen LogP contribution in [0, 0.1) is 0 Å². The predicted octanol–water partition coefficient (Wildman–Crippen LogP) is -0.422. The molecule has 20 heavy (non-hydrogen) atoms. The van der Waals surface area contributed by atoms with E-state index in [1.807, 2.05) is 0 Å². The molecule has 0 aromatic rings. The van der Waals surface area contributed by atoms with Gasteiger partial charge < -0.3 is 24.8 Å². The van der Waals surface area contributed by atoms with Crippen molar-refractivity contribution in [1.29, 1.82) is 0 Å². The minimum Gasteiger partial charge on any atom is -0.462 e. The summed E-state index contributed by atoms with van der Waals surface area (Å²) in [5.41, 5.74) is 0. The fraction of sp³-hybridized carbons (Fsp3) is 0.818. The first-order chi connectivity index (χ1) is 9.49. The number of ether oxygens (including phenoxy) is 2. The molecule has 0 amide bonds. The Morgan fingerprint density at radius 3 is 1.85 bits per heavy atom. The maximum Gasteiger partial charge on any atom is 0.316 e. The van der Waals surface area contributed by atoms with Crippen LogP contribution in [-0.2, 0) is 19.1 Å². The van der Waals surface area contributed by atoms with Crippen LogP contribution < -0.4 is 0 Å². The van der Waals surface area contributed by atoms with E-state index in [4.69, 9.17) is 14.9 Å². The molecule has 7 nitrogen and oxygen atoms in total. The van der Waals surface area contributed by atoms with Crippen LogP contribution in [0.1, 0.15) is 13.3 Å².